The Morgan fingerprint density at radius 3 is 1.91 bits per heavy atom. The van der Waals surface area contributed by atoms with Crippen LogP contribution in [0.25, 0.3) is 0 Å². The van der Waals surface area contributed by atoms with Gasteiger partial charge in [0.05, 0.1) is 19.1 Å². The zero-order valence-electron chi connectivity index (χ0n) is 19.8. The number of nitrogens with zero attached hydrogens (tertiary/aromatic N) is 2. The molecule has 0 aromatic carbocycles. The van der Waals surface area contributed by atoms with E-state index >= 15 is 0 Å². The topological polar surface area (TPSA) is 104 Å². The third-order valence-electron chi connectivity index (χ3n) is 6.35. The molecule has 0 radical (unpaired) electrons. The van der Waals surface area contributed by atoms with E-state index in [-0.39, 0.29) is 17.7 Å². The highest BCUT2D eigenvalue weighted by atomic mass is 31.2. The van der Waals surface area contributed by atoms with E-state index in [0.717, 1.165) is 0 Å². The Morgan fingerprint density at radius 2 is 1.38 bits per heavy atom. The van der Waals surface area contributed by atoms with Gasteiger partial charge in [-0.2, -0.15) is 0 Å². The summed E-state index contributed by atoms with van der Waals surface area (Å²) in [5.74, 6) is -2.01. The van der Waals surface area contributed by atoms with Crippen molar-refractivity contribution in [2.45, 2.75) is 88.2 Å². The van der Waals surface area contributed by atoms with Crippen LogP contribution in [-0.4, -0.2) is 84.1 Å². The van der Waals surface area contributed by atoms with E-state index in [4.69, 9.17) is 18.5 Å². The van der Waals surface area contributed by atoms with Crippen LogP contribution < -0.4 is 0 Å². The molecule has 3 N–H and O–H groups in total. The monoisotopic (exact) mass is 490 g/mol. The van der Waals surface area contributed by atoms with Crippen LogP contribution in [0.15, 0.2) is 24.7 Å². The molecule has 2 bridgehead atoms. The second-order valence-electron chi connectivity index (χ2n) is 10.8. The summed E-state index contributed by atoms with van der Waals surface area (Å²) in [6.07, 6.45) is 4.82. The van der Waals surface area contributed by atoms with Crippen molar-refractivity contribution in [3.05, 3.63) is 24.7 Å². The molecular formula is C21H36N2O7P2. The smallest absolute Gasteiger partial charge is 0.217 e. The quantitative estimate of drug-likeness (QED) is 0.504. The molecule has 0 aromatic rings. The lowest BCUT2D eigenvalue weighted by Crippen LogP contribution is -2.74. The highest BCUT2D eigenvalue weighted by Crippen LogP contribution is 2.73. The molecule has 0 saturated carbocycles. The summed E-state index contributed by atoms with van der Waals surface area (Å²) in [7, 11) is -3.60. The van der Waals surface area contributed by atoms with Gasteiger partial charge in [0.2, 0.25) is 27.7 Å². The number of fused-ring (bicyclic) bond motifs is 2. The van der Waals surface area contributed by atoms with Crippen LogP contribution in [0.5, 0.6) is 0 Å². The summed E-state index contributed by atoms with van der Waals surface area (Å²) in [5, 5.41) is 32.2. The summed E-state index contributed by atoms with van der Waals surface area (Å²) in [5.41, 5.74) is -0.709. The molecule has 4 rings (SSSR count). The molecule has 0 aromatic heterocycles. The maximum atomic E-state index is 12.3. The lowest BCUT2D eigenvalue weighted by molar-refractivity contribution is -0.333. The second-order valence-corrected chi connectivity index (χ2v) is 14.7. The zero-order chi connectivity index (χ0) is 23.7. The fourth-order valence-corrected chi connectivity index (χ4v) is 9.73. The maximum absolute atomic E-state index is 12.3. The van der Waals surface area contributed by atoms with Gasteiger partial charge in [-0.25, -0.2) is 9.34 Å². The van der Waals surface area contributed by atoms with Gasteiger partial charge in [0.1, 0.15) is 12.2 Å². The Labute approximate surface area is 192 Å². The van der Waals surface area contributed by atoms with Crippen LogP contribution in [0.1, 0.15) is 48.5 Å². The highest BCUT2D eigenvalue weighted by molar-refractivity contribution is 7.53. The van der Waals surface area contributed by atoms with Gasteiger partial charge in [-0.05, 0) is 60.6 Å². The summed E-state index contributed by atoms with van der Waals surface area (Å²) in [6, 6.07) is 0. The van der Waals surface area contributed by atoms with Gasteiger partial charge in [0.25, 0.3) is 0 Å². The molecule has 0 spiro atoms. The van der Waals surface area contributed by atoms with Crippen LogP contribution in [0.4, 0.5) is 0 Å². The molecule has 0 amide bonds. The van der Waals surface area contributed by atoms with Crippen molar-refractivity contribution in [3.8, 4) is 0 Å². The van der Waals surface area contributed by atoms with Crippen LogP contribution in [-0.2, 0) is 18.5 Å². The van der Waals surface area contributed by atoms with Crippen molar-refractivity contribution in [1.82, 2.24) is 9.34 Å². The van der Waals surface area contributed by atoms with E-state index in [1.54, 1.807) is 6.26 Å². The molecule has 4 aliphatic rings. The SMILES string of the molecule is CC(C)(C)N1CC=COP1[C@@]1(O)[C@H]2CO[C@@H]1[C@](O)(P1OC=CCN1C(C)(C)C)[C@@](C)(O)O2. The molecule has 2 saturated heterocycles. The molecule has 0 aliphatic carbocycles. The first-order valence-corrected chi connectivity index (χ1v) is 13.3. The molecule has 2 fully saturated rings. The van der Waals surface area contributed by atoms with Gasteiger partial charge in [-0.1, -0.05) is 0 Å². The third-order valence-corrected chi connectivity index (χ3v) is 11.8. The number of hydrogen-bond acceptors (Lipinski definition) is 9. The van der Waals surface area contributed by atoms with Gasteiger partial charge in [0.15, 0.2) is 5.34 Å². The molecule has 2 unspecified atom stereocenters. The molecule has 11 heteroatoms. The standard InChI is InChI=1S/C21H36N2O7P2/c1-17(2,3)22-10-8-12-28-31(22)20(25)15-14-27-16(20)21(26,19(7,24)30-15)32-23(18(4,5)6)11-9-13-29-32/h8-9,12-13,15-16,24-26H,10-11,14H2,1-7H3/t15-,16+,19+,20+,21+,31?,32?/m1/s1. The van der Waals surface area contributed by atoms with Crippen LogP contribution in [0, 0.1) is 0 Å². The number of aliphatic hydroxyl groups is 3. The first-order valence-electron chi connectivity index (χ1n) is 10.9. The van der Waals surface area contributed by atoms with E-state index in [9.17, 15) is 15.3 Å². The Bertz CT molecular complexity index is 796. The molecule has 4 heterocycles. The summed E-state index contributed by atoms with van der Waals surface area (Å²) < 4.78 is 28.2. The fourth-order valence-electron chi connectivity index (χ4n) is 4.62. The molecule has 182 valence electrons. The van der Waals surface area contributed by atoms with E-state index in [0.29, 0.717) is 13.1 Å². The minimum Gasteiger partial charge on any atom is -0.463 e. The lowest BCUT2D eigenvalue weighted by atomic mass is 9.94. The third kappa shape index (κ3) is 3.57. The first-order chi connectivity index (χ1) is 14.6. The number of rotatable bonds is 2. The van der Waals surface area contributed by atoms with Gasteiger partial charge < -0.3 is 33.8 Å². The van der Waals surface area contributed by atoms with Gasteiger partial charge in [-0.3, -0.25) is 0 Å². The zero-order valence-corrected chi connectivity index (χ0v) is 21.6. The summed E-state index contributed by atoms with van der Waals surface area (Å²) >= 11 is 0. The predicted molar refractivity (Wildman–Crippen MR) is 122 cm³/mol. The Kier molecular flexibility index (Phi) is 6.07. The van der Waals surface area contributed by atoms with Gasteiger partial charge >= 0.3 is 0 Å². The van der Waals surface area contributed by atoms with E-state index < -0.39 is 45.3 Å². The van der Waals surface area contributed by atoms with E-state index in [1.807, 2.05) is 58.4 Å². The average Bonchev–Trinajstić information content (AvgIpc) is 2.96. The number of hydrogen-bond donors (Lipinski definition) is 3. The van der Waals surface area contributed by atoms with Crippen molar-refractivity contribution in [3.63, 3.8) is 0 Å². The minimum atomic E-state index is -2.06. The summed E-state index contributed by atoms with van der Waals surface area (Å²) in [6.45, 7) is 14.7. The molecule has 4 aliphatic heterocycles. The van der Waals surface area contributed by atoms with Crippen LogP contribution in [0.3, 0.4) is 0 Å². The van der Waals surface area contributed by atoms with Crippen molar-refractivity contribution in [2.75, 3.05) is 19.7 Å². The lowest BCUT2D eigenvalue weighted by Gasteiger charge is -2.60. The van der Waals surface area contributed by atoms with E-state index in [2.05, 4.69) is 4.67 Å². The van der Waals surface area contributed by atoms with Gasteiger partial charge in [0, 0.05) is 24.2 Å². The highest BCUT2D eigenvalue weighted by Gasteiger charge is 2.79. The summed E-state index contributed by atoms with van der Waals surface area (Å²) in [4.78, 5) is 0. The fraction of sp³-hybridized carbons (Fsp3) is 0.810. The average molecular weight is 490 g/mol. The molecule has 9 nitrogen and oxygen atoms in total. The molecule has 32 heavy (non-hydrogen) atoms. The molecule has 7 atom stereocenters. The Balaban J connectivity index is 1.82. The van der Waals surface area contributed by atoms with Crippen LogP contribution in [0.2, 0.25) is 0 Å². The van der Waals surface area contributed by atoms with Crippen molar-refractivity contribution in [1.29, 1.82) is 0 Å². The van der Waals surface area contributed by atoms with Gasteiger partial charge in [-0.15, -0.1) is 0 Å². The predicted octanol–water partition coefficient (Wildman–Crippen LogP) is 2.78. The normalized spacial score (nSPS) is 45.6. The maximum Gasteiger partial charge on any atom is 0.217 e. The van der Waals surface area contributed by atoms with E-state index in [1.165, 1.54) is 13.2 Å². The Morgan fingerprint density at radius 1 is 0.875 bits per heavy atom. The Hall–Kier alpha value is -0.340. The minimum absolute atomic E-state index is 0.0258. The largest absolute Gasteiger partial charge is 0.463 e. The van der Waals surface area contributed by atoms with Crippen molar-refractivity contribution in [2.24, 2.45) is 0 Å². The van der Waals surface area contributed by atoms with Crippen LogP contribution >= 0.6 is 16.6 Å². The van der Waals surface area contributed by atoms with Crippen molar-refractivity contribution >= 4 is 16.6 Å². The first kappa shape index (κ1) is 24.8. The number of ether oxygens (including phenoxy) is 2. The van der Waals surface area contributed by atoms with Crippen molar-refractivity contribution < 1.29 is 33.8 Å². The second kappa shape index (κ2) is 7.84. The molecular weight excluding hydrogens is 454 g/mol.